The van der Waals surface area contributed by atoms with Crippen LogP contribution in [0.4, 0.5) is 0 Å². The molecule has 1 atom stereocenters. The van der Waals surface area contributed by atoms with Gasteiger partial charge in [0.15, 0.2) is 0 Å². The minimum Gasteiger partial charge on any atom is -0.462 e. The zero-order chi connectivity index (χ0) is 48.8. The topological polar surface area (TPSA) is 196 Å². The highest BCUT2D eigenvalue weighted by molar-refractivity contribution is 6.64. The molecule has 0 bridgehead atoms. The van der Waals surface area contributed by atoms with E-state index in [-0.39, 0.29) is 87.1 Å². The average molecular weight is 929 g/mol. The van der Waals surface area contributed by atoms with E-state index in [2.05, 4.69) is 32.9 Å². The molecule has 0 heterocycles. The number of esters is 5. The standard InChI is InChI=1S/C46H76O17Si/c1-15-19-24-52-28-31-57-64(58-32-29-53-25-20-16-2,59-33-30-54-26-21-17-3)46(62-43(50)37(11)12,63-44(51)38(13)14)39(23-22-27-55-40(47)34(5)6)45(56-18-4,60-41(48)35(7)8)61-42(49)36(9)10/h39H,5,7,9,11,13,15-33H2,1-4,6,8,10,12,14H3. The van der Waals surface area contributed by atoms with Crippen LogP contribution in [0, 0.1) is 5.92 Å². The quantitative estimate of drug-likeness (QED) is 0.0148. The Morgan fingerprint density at radius 2 is 0.797 bits per heavy atom. The average Bonchev–Trinajstić information content (AvgIpc) is 3.23. The van der Waals surface area contributed by atoms with E-state index in [4.69, 9.17) is 55.9 Å². The predicted octanol–water partition coefficient (Wildman–Crippen LogP) is 7.34. The van der Waals surface area contributed by atoms with E-state index >= 15 is 0 Å². The Morgan fingerprint density at radius 1 is 0.453 bits per heavy atom. The van der Waals surface area contributed by atoms with Crippen molar-refractivity contribution in [3.63, 3.8) is 0 Å². The van der Waals surface area contributed by atoms with Gasteiger partial charge in [0.1, 0.15) is 5.92 Å². The van der Waals surface area contributed by atoms with Gasteiger partial charge in [-0.15, -0.1) is 0 Å². The van der Waals surface area contributed by atoms with Crippen molar-refractivity contribution < 1.29 is 79.9 Å². The summed E-state index contributed by atoms with van der Waals surface area (Å²) < 4.78 is 74.2. The van der Waals surface area contributed by atoms with Gasteiger partial charge in [0.05, 0.1) is 52.9 Å². The van der Waals surface area contributed by atoms with Crippen molar-refractivity contribution in [1.29, 1.82) is 0 Å². The fourth-order valence-electron chi connectivity index (χ4n) is 5.26. The van der Waals surface area contributed by atoms with Crippen molar-refractivity contribution in [1.82, 2.24) is 0 Å². The van der Waals surface area contributed by atoms with Crippen LogP contribution < -0.4 is 0 Å². The smallest absolute Gasteiger partial charge is 0.462 e. The summed E-state index contributed by atoms with van der Waals surface area (Å²) in [5.41, 5.74) is -3.76. The lowest BCUT2D eigenvalue weighted by Gasteiger charge is -2.50. The fraction of sp³-hybridized carbons (Fsp3) is 0.674. The summed E-state index contributed by atoms with van der Waals surface area (Å²) in [6.07, 6.45) is 4.03. The van der Waals surface area contributed by atoms with Gasteiger partial charge in [-0.05, 0) is 73.6 Å². The molecule has 0 spiro atoms. The molecule has 0 fully saturated rings. The van der Waals surface area contributed by atoms with Gasteiger partial charge in [-0.2, -0.15) is 0 Å². The van der Waals surface area contributed by atoms with Crippen LogP contribution in [-0.4, -0.2) is 123 Å². The number of carbonyl (C=O) groups excluding carboxylic acids is 5. The maximum atomic E-state index is 14.3. The molecule has 0 aromatic rings. The van der Waals surface area contributed by atoms with Crippen LogP contribution >= 0.6 is 0 Å². The van der Waals surface area contributed by atoms with Crippen LogP contribution in [0.25, 0.3) is 0 Å². The number of carbonyl (C=O) groups is 5. The first kappa shape index (κ1) is 60.0. The lowest BCUT2D eigenvalue weighted by atomic mass is 9.97. The second-order valence-corrected chi connectivity index (χ2v) is 17.7. The molecule has 0 aromatic carbocycles. The first-order valence-corrected chi connectivity index (χ1v) is 23.7. The molecule has 0 radical (unpaired) electrons. The number of rotatable bonds is 39. The Hall–Kier alpha value is -4.01. The Labute approximate surface area is 382 Å². The van der Waals surface area contributed by atoms with Crippen LogP contribution in [-0.2, 0) is 79.9 Å². The van der Waals surface area contributed by atoms with Gasteiger partial charge in [-0.1, -0.05) is 72.9 Å². The Balaban J connectivity index is 9.08. The second-order valence-electron chi connectivity index (χ2n) is 15.0. The Kier molecular flexibility index (Phi) is 30.6. The molecule has 0 amide bonds. The molecule has 64 heavy (non-hydrogen) atoms. The third kappa shape index (κ3) is 20.9. The normalized spacial score (nSPS) is 12.1. The van der Waals surface area contributed by atoms with Crippen molar-refractivity contribution in [2.75, 3.05) is 72.7 Å². The Bertz CT molecular complexity index is 1440. The summed E-state index contributed by atoms with van der Waals surface area (Å²) in [6.45, 7) is 32.0. The van der Waals surface area contributed by atoms with Gasteiger partial charge >= 0.3 is 50.0 Å². The molecule has 0 saturated heterocycles. The molecule has 366 valence electrons. The zero-order valence-corrected chi connectivity index (χ0v) is 41.0. The van der Waals surface area contributed by atoms with Crippen molar-refractivity contribution in [3.05, 3.63) is 60.8 Å². The molecule has 0 N–H and O–H groups in total. The van der Waals surface area contributed by atoms with E-state index in [0.29, 0.717) is 19.8 Å². The maximum absolute atomic E-state index is 14.3. The van der Waals surface area contributed by atoms with Crippen molar-refractivity contribution in [2.24, 2.45) is 5.92 Å². The van der Waals surface area contributed by atoms with Crippen LogP contribution in [0.15, 0.2) is 60.8 Å². The molecule has 17 nitrogen and oxygen atoms in total. The van der Waals surface area contributed by atoms with Crippen molar-refractivity contribution >= 4 is 38.7 Å². The van der Waals surface area contributed by atoms with Gasteiger partial charge in [0.25, 0.3) is 0 Å². The molecule has 18 heteroatoms. The summed E-state index contributed by atoms with van der Waals surface area (Å²) in [5, 5.41) is 0. The summed E-state index contributed by atoms with van der Waals surface area (Å²) in [4.78, 5) is 69.0. The molecule has 0 aliphatic rings. The van der Waals surface area contributed by atoms with E-state index in [1.54, 1.807) is 0 Å². The predicted molar refractivity (Wildman–Crippen MR) is 240 cm³/mol. The maximum Gasteiger partial charge on any atom is 0.592 e. The van der Waals surface area contributed by atoms with Crippen molar-refractivity contribution in [2.45, 2.75) is 125 Å². The number of ether oxygens (including phenoxy) is 9. The first-order valence-electron chi connectivity index (χ1n) is 21.9. The third-order valence-corrected chi connectivity index (χ3v) is 11.9. The minimum atomic E-state index is -5.29. The van der Waals surface area contributed by atoms with Crippen LogP contribution in [0.1, 0.15) is 114 Å². The molecule has 0 aliphatic heterocycles. The highest BCUT2D eigenvalue weighted by Gasteiger charge is 2.78. The molecule has 0 aliphatic carbocycles. The summed E-state index contributed by atoms with van der Waals surface area (Å²) in [7, 11) is -5.29. The van der Waals surface area contributed by atoms with Crippen LogP contribution in [0.3, 0.4) is 0 Å². The van der Waals surface area contributed by atoms with Crippen molar-refractivity contribution in [3.8, 4) is 0 Å². The van der Waals surface area contributed by atoms with Gasteiger partial charge < -0.3 is 55.9 Å². The monoisotopic (exact) mass is 928 g/mol. The lowest BCUT2D eigenvalue weighted by Crippen LogP contribution is -2.76. The summed E-state index contributed by atoms with van der Waals surface area (Å²) >= 11 is 0. The number of hydrogen-bond donors (Lipinski definition) is 0. The minimum absolute atomic E-state index is 0.0617. The highest BCUT2D eigenvalue weighted by atomic mass is 28.4. The zero-order valence-electron chi connectivity index (χ0n) is 40.0. The van der Waals surface area contributed by atoms with Gasteiger partial charge in [-0.3, -0.25) is 0 Å². The lowest BCUT2D eigenvalue weighted by molar-refractivity contribution is -0.399. The summed E-state index contributed by atoms with van der Waals surface area (Å²) in [5.74, 6) is -10.5. The third-order valence-electron chi connectivity index (χ3n) is 8.71. The van der Waals surface area contributed by atoms with Gasteiger partial charge in [-0.25, -0.2) is 24.0 Å². The SMILES string of the molecule is C=C(C)C(=O)OCCCC(C(OCC)(OC(=O)C(=C)C)OC(=O)C(=C)C)C(OC(=O)C(=C)C)(OC(=O)C(=C)C)[Si](OCCOCCCC)(OCCOCCCC)OCCOCCCC. The Morgan fingerprint density at radius 3 is 1.11 bits per heavy atom. The largest absolute Gasteiger partial charge is 0.592 e. The van der Waals surface area contributed by atoms with E-state index in [0.717, 1.165) is 38.5 Å². The number of unbranched alkanes of at least 4 members (excludes halogenated alkanes) is 3. The van der Waals surface area contributed by atoms with Crippen LogP contribution in [0.2, 0.25) is 0 Å². The molecule has 1 unspecified atom stereocenters. The summed E-state index contributed by atoms with van der Waals surface area (Å²) in [6, 6.07) is 0. The molecule has 0 saturated carbocycles. The van der Waals surface area contributed by atoms with Crippen LogP contribution in [0.5, 0.6) is 0 Å². The molecular formula is C46H76O17Si. The highest BCUT2D eigenvalue weighted by Crippen LogP contribution is 2.48. The van der Waals surface area contributed by atoms with E-state index in [1.807, 2.05) is 20.8 Å². The van der Waals surface area contributed by atoms with E-state index in [9.17, 15) is 24.0 Å². The number of hydrogen-bond acceptors (Lipinski definition) is 17. The molecule has 0 aromatic heterocycles. The molecule has 0 rings (SSSR count). The molecular weight excluding hydrogens is 853 g/mol. The van der Waals surface area contributed by atoms with Gasteiger partial charge in [0.2, 0.25) is 0 Å². The van der Waals surface area contributed by atoms with E-state index in [1.165, 1.54) is 41.5 Å². The first-order chi connectivity index (χ1) is 30.3. The van der Waals surface area contributed by atoms with Gasteiger partial charge in [0, 0.05) is 47.7 Å². The fourth-order valence-corrected chi connectivity index (χ4v) is 8.35. The second kappa shape index (κ2) is 32.6. The van der Waals surface area contributed by atoms with E-state index < -0.39 is 62.4 Å².